The number of carbonyl (C=O) groups is 1. The van der Waals surface area contributed by atoms with E-state index >= 15 is 0 Å². The first-order valence-electron chi connectivity index (χ1n) is 18.1. The summed E-state index contributed by atoms with van der Waals surface area (Å²) in [6.07, 6.45) is -0.366. The molecule has 52 heavy (non-hydrogen) atoms. The van der Waals surface area contributed by atoms with Gasteiger partial charge in [-0.2, -0.15) is 0 Å². The summed E-state index contributed by atoms with van der Waals surface area (Å²) in [5, 5.41) is 0. The third kappa shape index (κ3) is 33.5. The molecule has 0 aromatic heterocycles. The Kier molecular flexibility index (Phi) is 31.6. The summed E-state index contributed by atoms with van der Waals surface area (Å²) >= 11 is 0. The number of hydrogen-bond donors (Lipinski definition) is 1. The van der Waals surface area contributed by atoms with Crippen molar-refractivity contribution in [3.63, 3.8) is 0 Å². The highest BCUT2D eigenvalue weighted by Gasteiger charge is 2.19. The molecule has 304 valence electrons. The van der Waals surface area contributed by atoms with Crippen LogP contribution in [0.4, 0.5) is 10.5 Å². The number of carbonyl (C=O) groups excluding carboxylic acids is 1. The van der Waals surface area contributed by atoms with Gasteiger partial charge in [-0.05, 0) is 45.0 Å². The van der Waals surface area contributed by atoms with Gasteiger partial charge in [0.2, 0.25) is 0 Å². The van der Waals surface area contributed by atoms with Crippen LogP contribution in [-0.2, 0) is 56.8 Å². The molecule has 0 radical (unpaired) electrons. The fourth-order valence-corrected chi connectivity index (χ4v) is 3.72. The summed E-state index contributed by atoms with van der Waals surface area (Å²) in [5.74, 6) is 0.768. The van der Waals surface area contributed by atoms with Gasteiger partial charge in [0.15, 0.2) is 0 Å². The Bertz CT molecular complexity index is 923. The van der Waals surface area contributed by atoms with Gasteiger partial charge in [-0.3, -0.25) is 0 Å². The average molecular weight is 751 g/mol. The molecule has 2 N–H and O–H groups in total. The zero-order chi connectivity index (χ0) is 37.8. The van der Waals surface area contributed by atoms with E-state index in [9.17, 15) is 4.79 Å². The van der Waals surface area contributed by atoms with Gasteiger partial charge >= 0.3 is 6.09 Å². The normalized spacial score (nSPS) is 11.6. The Hall–Kier alpha value is -2.35. The van der Waals surface area contributed by atoms with Crippen molar-refractivity contribution in [1.29, 1.82) is 0 Å². The summed E-state index contributed by atoms with van der Waals surface area (Å²) in [7, 11) is 1.68. The van der Waals surface area contributed by atoms with Crippen molar-refractivity contribution in [3.8, 4) is 5.75 Å². The predicted octanol–water partition coefficient (Wildman–Crippen LogP) is 2.70. The van der Waals surface area contributed by atoms with E-state index in [-0.39, 0.29) is 6.09 Å². The van der Waals surface area contributed by atoms with Crippen molar-refractivity contribution in [1.82, 2.24) is 4.90 Å². The summed E-state index contributed by atoms with van der Waals surface area (Å²) in [5.41, 5.74) is 5.84. The number of nitrogens with two attached hydrogens (primary N) is 1. The first kappa shape index (κ1) is 47.7. The van der Waals surface area contributed by atoms with Crippen LogP contribution < -0.4 is 10.5 Å². The van der Waals surface area contributed by atoms with E-state index < -0.39 is 5.60 Å². The van der Waals surface area contributed by atoms with Crippen LogP contribution in [0.15, 0.2) is 24.3 Å². The molecule has 0 bridgehead atoms. The number of nitrogens with zero attached hydrogens (tertiary/aromatic N) is 1. The van der Waals surface area contributed by atoms with Crippen LogP contribution in [0.1, 0.15) is 20.8 Å². The number of nitrogen functional groups attached to an aromatic ring is 1. The van der Waals surface area contributed by atoms with Crippen molar-refractivity contribution in [2.45, 2.75) is 26.4 Å². The van der Waals surface area contributed by atoms with Crippen LogP contribution in [0.25, 0.3) is 0 Å². The SMILES string of the molecule is CN(CCOCCOCCOCCOCCOCCOCCOCCOCCOCCOCCOCCOc1ccc(N)cc1)C(=O)OC(C)(C)C. The van der Waals surface area contributed by atoms with Crippen LogP contribution >= 0.6 is 0 Å². The van der Waals surface area contributed by atoms with E-state index in [0.717, 1.165) is 5.75 Å². The van der Waals surface area contributed by atoms with E-state index in [1.54, 1.807) is 19.2 Å². The maximum Gasteiger partial charge on any atom is 0.410 e. The van der Waals surface area contributed by atoms with Gasteiger partial charge in [0, 0.05) is 19.3 Å². The number of hydrogen-bond acceptors (Lipinski definition) is 15. The Labute approximate surface area is 310 Å². The topological polar surface area (TPSA) is 166 Å². The molecule has 0 unspecified atom stereocenters. The minimum absolute atomic E-state index is 0.366. The fraction of sp³-hybridized carbons (Fsp3) is 0.806. The zero-order valence-corrected chi connectivity index (χ0v) is 32.0. The van der Waals surface area contributed by atoms with E-state index in [4.69, 9.17) is 67.3 Å². The lowest BCUT2D eigenvalue weighted by molar-refractivity contribution is -0.0279. The van der Waals surface area contributed by atoms with Gasteiger partial charge in [-0.1, -0.05) is 0 Å². The Morgan fingerprint density at radius 1 is 0.481 bits per heavy atom. The highest BCUT2D eigenvalue weighted by Crippen LogP contribution is 2.12. The lowest BCUT2D eigenvalue weighted by Crippen LogP contribution is -2.36. The molecule has 16 nitrogen and oxygen atoms in total. The zero-order valence-electron chi connectivity index (χ0n) is 32.0. The monoisotopic (exact) mass is 750 g/mol. The Morgan fingerprint density at radius 2 is 0.750 bits per heavy atom. The number of likely N-dealkylation sites (N-methyl/N-ethyl adjacent to an activating group) is 1. The summed E-state index contributed by atoms with van der Waals surface area (Å²) in [6.45, 7) is 17.1. The fourth-order valence-electron chi connectivity index (χ4n) is 3.72. The largest absolute Gasteiger partial charge is 0.491 e. The predicted molar refractivity (Wildman–Crippen MR) is 194 cm³/mol. The first-order chi connectivity index (χ1) is 25.3. The third-order valence-corrected chi connectivity index (χ3v) is 6.37. The molecule has 0 aliphatic carbocycles. The maximum absolute atomic E-state index is 11.9. The summed E-state index contributed by atoms with van der Waals surface area (Å²) < 4.78 is 71.1. The van der Waals surface area contributed by atoms with Gasteiger partial charge < -0.3 is 72.2 Å². The van der Waals surface area contributed by atoms with Gasteiger partial charge in [0.05, 0.1) is 145 Å². The van der Waals surface area contributed by atoms with Crippen molar-refractivity contribution < 1.29 is 66.4 Å². The second kappa shape index (κ2) is 34.4. The molecule has 0 fully saturated rings. The lowest BCUT2D eigenvalue weighted by atomic mass is 10.2. The molecule has 1 rings (SSSR count). The molecule has 0 atom stereocenters. The molecule has 1 aromatic carbocycles. The number of anilines is 1. The Balaban J connectivity index is 1.65. The van der Waals surface area contributed by atoms with Gasteiger partial charge in [-0.25, -0.2) is 4.79 Å². The number of benzene rings is 1. The summed E-state index contributed by atoms with van der Waals surface area (Å²) in [6, 6.07) is 7.25. The molecule has 0 saturated heterocycles. The molecule has 0 heterocycles. The highest BCUT2D eigenvalue weighted by molar-refractivity contribution is 5.67. The molecule has 0 saturated carbocycles. The number of amides is 1. The van der Waals surface area contributed by atoms with Crippen LogP contribution in [0.5, 0.6) is 5.75 Å². The second-order valence-electron chi connectivity index (χ2n) is 12.1. The number of rotatable bonds is 37. The quantitative estimate of drug-likeness (QED) is 0.0779. The van der Waals surface area contributed by atoms with Crippen molar-refractivity contribution in [2.24, 2.45) is 0 Å². The second-order valence-corrected chi connectivity index (χ2v) is 12.1. The molecule has 1 amide bonds. The molecule has 16 heteroatoms. The standard InChI is InChI=1S/C36H66N2O14/c1-36(2,3)52-35(39)38(4)9-10-40-11-12-41-13-14-42-15-16-43-17-18-44-19-20-45-21-22-46-23-24-47-25-26-48-27-28-49-29-30-50-31-32-51-34-7-5-33(37)6-8-34/h5-8H,9-32,37H2,1-4H3. The smallest absolute Gasteiger partial charge is 0.410 e. The Morgan fingerprint density at radius 3 is 1.04 bits per heavy atom. The molecular formula is C36H66N2O14. The minimum atomic E-state index is -0.513. The van der Waals surface area contributed by atoms with Gasteiger partial charge in [-0.15, -0.1) is 0 Å². The van der Waals surface area contributed by atoms with Crippen molar-refractivity contribution in [3.05, 3.63) is 24.3 Å². The molecule has 0 spiro atoms. The molecular weight excluding hydrogens is 684 g/mol. The van der Waals surface area contributed by atoms with Crippen LogP contribution in [0, 0.1) is 0 Å². The van der Waals surface area contributed by atoms with E-state index in [1.165, 1.54) is 4.90 Å². The molecule has 0 aliphatic rings. The van der Waals surface area contributed by atoms with Crippen molar-refractivity contribution >= 4 is 11.8 Å². The number of ether oxygens (including phenoxy) is 13. The third-order valence-electron chi connectivity index (χ3n) is 6.37. The highest BCUT2D eigenvalue weighted by atomic mass is 16.6. The van der Waals surface area contributed by atoms with E-state index in [2.05, 4.69) is 0 Å². The van der Waals surface area contributed by atoms with Gasteiger partial charge in [0.25, 0.3) is 0 Å². The van der Waals surface area contributed by atoms with E-state index in [0.29, 0.717) is 164 Å². The van der Waals surface area contributed by atoms with E-state index in [1.807, 2.05) is 32.9 Å². The maximum atomic E-state index is 11.9. The van der Waals surface area contributed by atoms with Crippen LogP contribution in [0.2, 0.25) is 0 Å². The van der Waals surface area contributed by atoms with Crippen LogP contribution in [0.3, 0.4) is 0 Å². The van der Waals surface area contributed by atoms with Gasteiger partial charge in [0.1, 0.15) is 18.0 Å². The molecule has 1 aromatic rings. The lowest BCUT2D eigenvalue weighted by Gasteiger charge is -2.24. The first-order valence-corrected chi connectivity index (χ1v) is 18.1. The minimum Gasteiger partial charge on any atom is -0.491 e. The average Bonchev–Trinajstić information content (AvgIpc) is 3.11. The van der Waals surface area contributed by atoms with Crippen molar-refractivity contribution in [2.75, 3.05) is 171 Å². The van der Waals surface area contributed by atoms with Crippen LogP contribution in [-0.4, -0.2) is 182 Å². The molecule has 0 aliphatic heterocycles. The summed E-state index contributed by atoms with van der Waals surface area (Å²) in [4.78, 5) is 13.4.